The number of nitrogens with one attached hydrogen (secondary N) is 1. The van der Waals surface area contributed by atoms with E-state index in [1.165, 1.54) is 25.3 Å². The van der Waals surface area contributed by atoms with Gasteiger partial charge in [0.2, 0.25) is 0 Å². The number of urea groups is 1. The first kappa shape index (κ1) is 15.1. The van der Waals surface area contributed by atoms with Crippen LogP contribution in [-0.2, 0) is 13.1 Å². The zero-order valence-corrected chi connectivity index (χ0v) is 12.5. The zero-order chi connectivity index (χ0) is 15.3. The molecule has 0 aliphatic carbocycles. The predicted octanol–water partition coefficient (Wildman–Crippen LogP) is 2.42. The van der Waals surface area contributed by atoms with Crippen LogP contribution in [0.2, 0.25) is 0 Å². The first-order valence-corrected chi connectivity index (χ1v) is 6.71. The molecule has 1 N–H and O–H groups in total. The Morgan fingerprint density at radius 1 is 1.14 bits per heavy atom. The third kappa shape index (κ3) is 4.94. The third-order valence-electron chi connectivity index (χ3n) is 2.73. The van der Waals surface area contributed by atoms with Crippen molar-refractivity contribution in [1.29, 1.82) is 0 Å². The lowest BCUT2D eigenvalue weighted by atomic mass is 9.97. The highest BCUT2D eigenvalue weighted by molar-refractivity contribution is 5.74. The molecule has 2 rings (SSSR count). The number of hydrogen-bond acceptors (Lipinski definition) is 5. The van der Waals surface area contributed by atoms with Gasteiger partial charge in [-0.05, 0) is 5.41 Å². The summed E-state index contributed by atoms with van der Waals surface area (Å²) in [6, 6.07) is -0.170. The molecule has 0 saturated carbocycles. The summed E-state index contributed by atoms with van der Waals surface area (Å²) in [5, 5.41) is 2.92. The maximum absolute atomic E-state index is 12.3. The van der Waals surface area contributed by atoms with Crippen molar-refractivity contribution in [1.82, 2.24) is 20.2 Å². The number of hydrogen-bond donors (Lipinski definition) is 1. The van der Waals surface area contributed by atoms with Crippen LogP contribution in [0.15, 0.2) is 34.1 Å². The summed E-state index contributed by atoms with van der Waals surface area (Å²) in [5.74, 6) is 0. The van der Waals surface area contributed by atoms with Crippen molar-refractivity contribution in [3.8, 4) is 0 Å². The summed E-state index contributed by atoms with van der Waals surface area (Å²) in [4.78, 5) is 22.0. The molecule has 7 nitrogen and oxygen atoms in total. The Kier molecular flexibility index (Phi) is 4.62. The van der Waals surface area contributed by atoms with E-state index in [1.807, 2.05) is 0 Å². The molecule has 0 radical (unpaired) electrons. The second-order valence-electron chi connectivity index (χ2n) is 6.03. The number of carbonyl (C=O) groups is 1. The molecule has 2 aromatic heterocycles. The first-order chi connectivity index (χ1) is 9.94. The number of amides is 2. The van der Waals surface area contributed by atoms with Crippen LogP contribution in [0.1, 0.15) is 32.2 Å². The fraction of sp³-hybridized carbons (Fsp3) is 0.500. The van der Waals surface area contributed by atoms with Crippen LogP contribution < -0.4 is 5.32 Å². The van der Waals surface area contributed by atoms with Crippen LogP contribution in [0.25, 0.3) is 0 Å². The Morgan fingerprint density at radius 3 is 2.05 bits per heavy atom. The highest BCUT2D eigenvalue weighted by Crippen LogP contribution is 2.12. The number of aromatic nitrogens is 2. The standard InChI is InChI=1S/C14H20N4O3/c1-14(2,3)8-15-13(19)18(4-11-6-20-9-16-11)5-12-7-21-10-17-12/h6-7,9-10H,4-5,8H2,1-3H3,(H,15,19). The summed E-state index contributed by atoms with van der Waals surface area (Å²) >= 11 is 0. The zero-order valence-electron chi connectivity index (χ0n) is 12.5. The van der Waals surface area contributed by atoms with Crippen molar-refractivity contribution < 1.29 is 13.6 Å². The lowest BCUT2D eigenvalue weighted by Gasteiger charge is -2.24. The van der Waals surface area contributed by atoms with E-state index in [1.54, 1.807) is 4.90 Å². The molecule has 7 heteroatoms. The molecule has 0 unspecified atom stereocenters. The van der Waals surface area contributed by atoms with Gasteiger partial charge in [-0.15, -0.1) is 0 Å². The van der Waals surface area contributed by atoms with E-state index in [0.717, 1.165) is 0 Å². The van der Waals surface area contributed by atoms with Crippen LogP contribution in [0, 0.1) is 5.41 Å². The van der Waals surface area contributed by atoms with Crippen LogP contribution >= 0.6 is 0 Å². The maximum atomic E-state index is 12.3. The van der Waals surface area contributed by atoms with Gasteiger partial charge in [-0.3, -0.25) is 0 Å². The fourth-order valence-electron chi connectivity index (χ4n) is 1.67. The molecule has 0 saturated heterocycles. The third-order valence-corrected chi connectivity index (χ3v) is 2.73. The molecule has 114 valence electrons. The quantitative estimate of drug-likeness (QED) is 0.914. The minimum absolute atomic E-state index is 0.0170. The van der Waals surface area contributed by atoms with E-state index in [-0.39, 0.29) is 11.4 Å². The molecular weight excluding hydrogens is 272 g/mol. The summed E-state index contributed by atoms with van der Waals surface area (Å²) in [6.07, 6.45) is 5.73. The van der Waals surface area contributed by atoms with Crippen molar-refractivity contribution >= 4 is 6.03 Å². The van der Waals surface area contributed by atoms with E-state index in [2.05, 4.69) is 36.1 Å². The van der Waals surface area contributed by atoms with Gasteiger partial charge < -0.3 is 19.1 Å². The summed E-state index contributed by atoms with van der Waals surface area (Å²) in [6.45, 7) is 7.46. The molecule has 0 aliphatic heterocycles. The lowest BCUT2D eigenvalue weighted by Crippen LogP contribution is -2.42. The van der Waals surface area contributed by atoms with Gasteiger partial charge in [0.1, 0.15) is 12.5 Å². The average molecular weight is 292 g/mol. The van der Waals surface area contributed by atoms with E-state index in [4.69, 9.17) is 8.83 Å². The minimum Gasteiger partial charge on any atom is -0.451 e. The molecule has 0 fully saturated rings. The number of nitrogens with zero attached hydrogens (tertiary/aromatic N) is 3. The van der Waals surface area contributed by atoms with Gasteiger partial charge >= 0.3 is 6.03 Å². The smallest absolute Gasteiger partial charge is 0.318 e. The molecule has 0 spiro atoms. The number of oxazole rings is 2. The highest BCUT2D eigenvalue weighted by Gasteiger charge is 2.19. The Labute approximate surface area is 123 Å². The predicted molar refractivity (Wildman–Crippen MR) is 75.1 cm³/mol. The molecule has 0 aromatic carbocycles. The number of rotatable bonds is 5. The van der Waals surface area contributed by atoms with Gasteiger partial charge in [-0.2, -0.15) is 0 Å². The van der Waals surface area contributed by atoms with Crippen molar-refractivity contribution in [2.75, 3.05) is 6.54 Å². The second kappa shape index (κ2) is 6.43. The van der Waals surface area contributed by atoms with E-state index in [0.29, 0.717) is 31.0 Å². The summed E-state index contributed by atoms with van der Waals surface area (Å²) < 4.78 is 9.88. The van der Waals surface area contributed by atoms with Crippen molar-refractivity contribution in [3.05, 3.63) is 36.7 Å². The Morgan fingerprint density at radius 2 is 1.67 bits per heavy atom. The van der Waals surface area contributed by atoms with Crippen LogP contribution in [-0.4, -0.2) is 27.4 Å². The van der Waals surface area contributed by atoms with E-state index in [9.17, 15) is 4.79 Å². The first-order valence-electron chi connectivity index (χ1n) is 6.71. The van der Waals surface area contributed by atoms with Crippen LogP contribution in [0.4, 0.5) is 4.79 Å². The Hall–Kier alpha value is -2.31. The molecule has 0 atom stereocenters. The molecule has 21 heavy (non-hydrogen) atoms. The molecular formula is C14H20N4O3. The molecule has 2 aromatic rings. The Balaban J connectivity index is 2.01. The highest BCUT2D eigenvalue weighted by atomic mass is 16.3. The summed E-state index contributed by atoms with van der Waals surface area (Å²) in [7, 11) is 0. The normalized spacial score (nSPS) is 11.4. The van der Waals surface area contributed by atoms with Crippen molar-refractivity contribution in [2.45, 2.75) is 33.9 Å². The molecule has 2 heterocycles. The minimum atomic E-state index is -0.170. The van der Waals surface area contributed by atoms with Gasteiger partial charge in [0, 0.05) is 6.54 Å². The van der Waals surface area contributed by atoms with E-state index >= 15 is 0 Å². The number of carbonyl (C=O) groups excluding carboxylic acids is 1. The topological polar surface area (TPSA) is 84.4 Å². The van der Waals surface area contributed by atoms with Gasteiger partial charge in [0.05, 0.1) is 24.5 Å². The largest absolute Gasteiger partial charge is 0.451 e. The average Bonchev–Trinajstić information content (AvgIpc) is 3.07. The lowest BCUT2D eigenvalue weighted by molar-refractivity contribution is 0.186. The molecule has 0 aliphatic rings. The van der Waals surface area contributed by atoms with Crippen LogP contribution in [0.5, 0.6) is 0 Å². The monoisotopic (exact) mass is 292 g/mol. The van der Waals surface area contributed by atoms with Gasteiger partial charge in [0.15, 0.2) is 12.8 Å². The SMILES string of the molecule is CC(C)(C)CNC(=O)N(Cc1cocn1)Cc1cocn1. The van der Waals surface area contributed by atoms with Crippen molar-refractivity contribution in [3.63, 3.8) is 0 Å². The van der Waals surface area contributed by atoms with Crippen LogP contribution in [0.3, 0.4) is 0 Å². The van der Waals surface area contributed by atoms with E-state index < -0.39 is 0 Å². The molecule has 0 bridgehead atoms. The second-order valence-corrected chi connectivity index (χ2v) is 6.03. The van der Waals surface area contributed by atoms with Gasteiger partial charge in [0.25, 0.3) is 0 Å². The fourth-order valence-corrected chi connectivity index (χ4v) is 1.67. The van der Waals surface area contributed by atoms with Crippen molar-refractivity contribution in [2.24, 2.45) is 5.41 Å². The Bertz CT molecular complexity index is 507. The molecule has 2 amide bonds. The summed E-state index contributed by atoms with van der Waals surface area (Å²) in [5.41, 5.74) is 1.39. The van der Waals surface area contributed by atoms with Gasteiger partial charge in [-0.1, -0.05) is 20.8 Å². The maximum Gasteiger partial charge on any atom is 0.318 e. The van der Waals surface area contributed by atoms with Gasteiger partial charge in [-0.25, -0.2) is 14.8 Å².